The third kappa shape index (κ3) is 0.996. The molecule has 3 nitrogen and oxygen atoms in total. The van der Waals surface area contributed by atoms with Gasteiger partial charge in [0.15, 0.2) is 0 Å². The van der Waals surface area contributed by atoms with Gasteiger partial charge in [-0.15, -0.1) is 0 Å². The van der Waals surface area contributed by atoms with Crippen LogP contribution in [0.4, 0.5) is 4.39 Å². The molecule has 6 heteroatoms. The fourth-order valence-electron chi connectivity index (χ4n) is 2.99. The topological polar surface area (TPSA) is 54.4 Å². The van der Waals surface area contributed by atoms with Crippen molar-refractivity contribution in [3.8, 4) is 0 Å². The van der Waals surface area contributed by atoms with Crippen molar-refractivity contribution in [1.82, 2.24) is 0 Å². The molecule has 1 aliphatic heterocycles. The number of carboxylic acid groups (broad SMARTS) is 1. The Morgan fingerprint density at radius 2 is 2.33 bits per heavy atom. The average Bonchev–Trinajstić information content (AvgIpc) is 2.52. The lowest BCUT2D eigenvalue weighted by atomic mass is 9.94. The number of carbonyl (C=O) groups is 2. The second-order valence-electron chi connectivity index (χ2n) is 4.39. The van der Waals surface area contributed by atoms with E-state index in [1.807, 2.05) is 0 Å². The normalized spacial score (nSPS) is 52.2. The Labute approximate surface area is 93.6 Å². The van der Waals surface area contributed by atoms with Gasteiger partial charge in [-0.1, -0.05) is 21.6 Å². The van der Waals surface area contributed by atoms with Crippen LogP contribution in [0.15, 0.2) is 0 Å². The maximum Gasteiger partial charge on any atom is 0.342 e. The van der Waals surface area contributed by atoms with Crippen LogP contribution in [-0.4, -0.2) is 33.0 Å². The maximum absolute atomic E-state index is 14.0. The Bertz CT molecular complexity index is 366. The minimum Gasteiger partial charge on any atom is -0.479 e. The maximum atomic E-state index is 14.0. The van der Waals surface area contributed by atoms with Crippen LogP contribution in [0.1, 0.15) is 12.8 Å². The summed E-state index contributed by atoms with van der Waals surface area (Å²) in [6.45, 7) is 0. The lowest BCUT2D eigenvalue weighted by Crippen LogP contribution is -2.35. The van der Waals surface area contributed by atoms with E-state index in [0.717, 1.165) is 12.2 Å². The molecule has 4 unspecified atom stereocenters. The molecule has 0 bridgehead atoms. The van der Waals surface area contributed by atoms with E-state index in [-0.39, 0.29) is 5.78 Å². The molecule has 3 rings (SSSR count). The van der Waals surface area contributed by atoms with Crippen molar-refractivity contribution < 1.29 is 19.1 Å². The Morgan fingerprint density at radius 3 is 2.80 bits per heavy atom. The predicted octanol–water partition coefficient (Wildman–Crippen LogP) is 1.52. The summed E-state index contributed by atoms with van der Waals surface area (Å²) in [5, 5.41) is 8.84. The Morgan fingerprint density at radius 1 is 1.60 bits per heavy atom. The zero-order valence-electron chi connectivity index (χ0n) is 7.73. The van der Waals surface area contributed by atoms with Gasteiger partial charge in [-0.25, -0.2) is 9.18 Å². The molecule has 2 aliphatic carbocycles. The highest BCUT2D eigenvalue weighted by atomic mass is 33.1. The minimum atomic E-state index is -2.26. The van der Waals surface area contributed by atoms with E-state index in [1.54, 1.807) is 10.8 Å². The van der Waals surface area contributed by atoms with Gasteiger partial charge in [-0.2, -0.15) is 0 Å². The highest BCUT2D eigenvalue weighted by Gasteiger charge is 2.84. The lowest BCUT2D eigenvalue weighted by Gasteiger charge is -2.24. The summed E-state index contributed by atoms with van der Waals surface area (Å²) in [5.41, 5.74) is -2.26. The van der Waals surface area contributed by atoms with Gasteiger partial charge in [-0.05, 0) is 6.42 Å². The second-order valence-corrected chi connectivity index (χ2v) is 7.22. The van der Waals surface area contributed by atoms with Crippen LogP contribution in [0, 0.1) is 11.8 Å². The minimum absolute atomic E-state index is 0.195. The van der Waals surface area contributed by atoms with Crippen molar-refractivity contribution in [3.05, 3.63) is 0 Å². The summed E-state index contributed by atoms with van der Waals surface area (Å²) in [4.78, 5) is 22.4. The smallest absolute Gasteiger partial charge is 0.342 e. The fourth-order valence-corrected chi connectivity index (χ4v) is 6.62. The molecule has 0 amide bonds. The molecule has 0 aromatic carbocycles. The van der Waals surface area contributed by atoms with Crippen LogP contribution >= 0.6 is 21.6 Å². The van der Waals surface area contributed by atoms with Crippen LogP contribution < -0.4 is 0 Å². The number of Topliss-reactive ketones (excluding diaryl/α,β-unsaturated/α-hetero) is 1. The Kier molecular flexibility index (Phi) is 1.80. The number of fused-ring (bicyclic) bond motifs is 2. The van der Waals surface area contributed by atoms with Gasteiger partial charge in [0.25, 0.3) is 0 Å². The first-order chi connectivity index (χ1) is 7.02. The molecule has 3 aliphatic rings. The molecule has 0 aromatic heterocycles. The molecule has 4 atom stereocenters. The molecule has 1 saturated heterocycles. The summed E-state index contributed by atoms with van der Waals surface area (Å²) < 4.78 is 13.6. The first kappa shape index (κ1) is 9.96. The van der Waals surface area contributed by atoms with E-state index >= 15 is 0 Å². The number of rotatable bonds is 1. The molecule has 1 spiro atoms. The molecular weight excluding hydrogens is 239 g/mol. The van der Waals surface area contributed by atoms with Gasteiger partial charge in [0, 0.05) is 22.8 Å². The van der Waals surface area contributed by atoms with E-state index in [4.69, 9.17) is 5.11 Å². The molecule has 0 aromatic rings. The first-order valence-electron chi connectivity index (χ1n) is 4.78. The highest BCUT2D eigenvalue weighted by molar-refractivity contribution is 8.77. The fraction of sp³-hybridized carbons (Fsp3) is 0.778. The van der Waals surface area contributed by atoms with Gasteiger partial charge in [0.1, 0.15) is 5.78 Å². The van der Waals surface area contributed by atoms with Gasteiger partial charge in [-0.3, -0.25) is 4.79 Å². The first-order valence-corrected chi connectivity index (χ1v) is 7.10. The largest absolute Gasteiger partial charge is 0.479 e. The lowest BCUT2D eigenvalue weighted by molar-refractivity contribution is -0.148. The van der Waals surface area contributed by atoms with E-state index in [2.05, 4.69) is 0 Å². The van der Waals surface area contributed by atoms with Gasteiger partial charge in [0.2, 0.25) is 5.67 Å². The molecule has 3 fully saturated rings. The third-order valence-electron chi connectivity index (χ3n) is 3.68. The summed E-state index contributed by atoms with van der Waals surface area (Å²) in [6.07, 6.45) is 1.12. The quantitative estimate of drug-likeness (QED) is 0.713. The number of ketones is 1. The van der Waals surface area contributed by atoms with Gasteiger partial charge >= 0.3 is 5.97 Å². The highest BCUT2D eigenvalue weighted by Crippen LogP contribution is 2.73. The SMILES string of the molecule is O=C1CC2(CCSS2)C2C1C2(F)C(=O)O. The Balaban J connectivity index is 1.98. The Hall–Kier alpha value is -0.230. The summed E-state index contributed by atoms with van der Waals surface area (Å²) in [5.74, 6) is -2.20. The summed E-state index contributed by atoms with van der Waals surface area (Å²) >= 11 is 0. The summed E-state index contributed by atoms with van der Waals surface area (Å²) in [6, 6.07) is 0. The predicted molar refractivity (Wildman–Crippen MR) is 55.5 cm³/mol. The number of alkyl halides is 1. The van der Waals surface area contributed by atoms with E-state index < -0.39 is 28.2 Å². The number of hydrogen-bond acceptors (Lipinski definition) is 4. The molecule has 15 heavy (non-hydrogen) atoms. The van der Waals surface area contributed by atoms with Crippen LogP contribution in [0.25, 0.3) is 0 Å². The van der Waals surface area contributed by atoms with Crippen molar-refractivity contribution in [3.63, 3.8) is 0 Å². The van der Waals surface area contributed by atoms with Crippen molar-refractivity contribution in [1.29, 1.82) is 0 Å². The number of halogens is 1. The van der Waals surface area contributed by atoms with Crippen molar-refractivity contribution in [2.24, 2.45) is 11.8 Å². The number of hydrogen-bond donors (Lipinski definition) is 1. The molecule has 1 heterocycles. The standard InChI is InChI=1S/C9H9FO3S2/c10-9(7(12)13)5-4(11)3-8(6(5)9)1-2-14-15-8/h5-6H,1-3H2,(H,12,13). The van der Waals surface area contributed by atoms with Crippen LogP contribution in [0.3, 0.4) is 0 Å². The van der Waals surface area contributed by atoms with E-state index in [1.165, 1.54) is 10.8 Å². The van der Waals surface area contributed by atoms with Crippen molar-refractivity contribution in [2.75, 3.05) is 5.75 Å². The van der Waals surface area contributed by atoms with Crippen molar-refractivity contribution >= 4 is 33.3 Å². The zero-order chi connectivity index (χ0) is 10.8. The molecule has 1 N–H and O–H groups in total. The molecule has 0 radical (unpaired) electrons. The van der Waals surface area contributed by atoms with E-state index in [9.17, 15) is 14.0 Å². The molecule has 2 saturated carbocycles. The van der Waals surface area contributed by atoms with Gasteiger partial charge in [0.05, 0.1) is 5.92 Å². The van der Waals surface area contributed by atoms with Crippen molar-refractivity contribution in [2.45, 2.75) is 23.3 Å². The molecule has 82 valence electrons. The number of carbonyl (C=O) groups excluding carboxylic acids is 1. The number of carboxylic acids is 1. The zero-order valence-corrected chi connectivity index (χ0v) is 9.37. The third-order valence-corrected chi connectivity index (χ3v) is 6.95. The summed E-state index contributed by atoms with van der Waals surface area (Å²) in [7, 11) is 3.14. The van der Waals surface area contributed by atoms with Crippen LogP contribution in [0.2, 0.25) is 0 Å². The van der Waals surface area contributed by atoms with E-state index in [0.29, 0.717) is 6.42 Å². The van der Waals surface area contributed by atoms with Crippen LogP contribution in [0.5, 0.6) is 0 Å². The average molecular weight is 248 g/mol. The van der Waals surface area contributed by atoms with Gasteiger partial charge < -0.3 is 5.11 Å². The second kappa shape index (κ2) is 2.71. The van der Waals surface area contributed by atoms with Crippen LogP contribution in [-0.2, 0) is 9.59 Å². The number of aliphatic carboxylic acids is 1. The molecular formula is C9H9FO3S2. The monoisotopic (exact) mass is 248 g/mol.